The maximum absolute atomic E-state index is 11.3. The molecule has 9 heteroatoms. The van der Waals surface area contributed by atoms with Gasteiger partial charge in [0.2, 0.25) is 0 Å². The van der Waals surface area contributed by atoms with E-state index < -0.39 is 0 Å². The summed E-state index contributed by atoms with van der Waals surface area (Å²) in [7, 11) is 0. The lowest BCUT2D eigenvalue weighted by molar-refractivity contribution is -0.118. The molecule has 0 aliphatic carbocycles. The van der Waals surface area contributed by atoms with Gasteiger partial charge in [-0.15, -0.1) is 14.8 Å². The minimum absolute atomic E-state index is 0.0390. The van der Waals surface area contributed by atoms with Crippen molar-refractivity contribution in [2.24, 2.45) is 0 Å². The molecule has 0 radical (unpaired) electrons. The average Bonchev–Trinajstić information content (AvgIpc) is 2.94. The molecule has 0 unspecified atom stereocenters. The van der Waals surface area contributed by atoms with E-state index in [0.717, 1.165) is 5.69 Å². The van der Waals surface area contributed by atoms with Gasteiger partial charge in [-0.05, 0) is 40.8 Å². The van der Waals surface area contributed by atoms with Crippen molar-refractivity contribution in [1.82, 2.24) is 25.3 Å². The second kappa shape index (κ2) is 4.40. The summed E-state index contributed by atoms with van der Waals surface area (Å²) in [6.45, 7) is 0.0390. The fourth-order valence-electron chi connectivity index (χ4n) is 2.03. The van der Waals surface area contributed by atoms with Crippen LogP contribution in [-0.2, 0) is 4.79 Å². The molecule has 3 heterocycles. The zero-order valence-electron chi connectivity index (χ0n) is 10.6. The van der Waals surface area contributed by atoms with Crippen molar-refractivity contribution in [3.05, 3.63) is 30.3 Å². The quantitative estimate of drug-likeness (QED) is 0.709. The number of nitrogens with zero attached hydrogens (tertiary/aromatic N) is 5. The highest BCUT2D eigenvalue weighted by Gasteiger charge is 2.16. The van der Waals surface area contributed by atoms with Gasteiger partial charge >= 0.3 is 0 Å². The molecule has 0 saturated carbocycles. The van der Waals surface area contributed by atoms with Crippen LogP contribution in [0.1, 0.15) is 0 Å². The minimum atomic E-state index is -0.173. The first-order valence-corrected chi connectivity index (χ1v) is 6.17. The van der Waals surface area contributed by atoms with Crippen LogP contribution in [0.15, 0.2) is 30.3 Å². The maximum atomic E-state index is 11.3. The monoisotopic (exact) mass is 283 g/mol. The Hall–Kier alpha value is -3.23. The van der Waals surface area contributed by atoms with Crippen LogP contribution >= 0.6 is 0 Å². The highest BCUT2D eigenvalue weighted by atomic mass is 16.5. The van der Waals surface area contributed by atoms with E-state index in [4.69, 9.17) is 4.74 Å². The Labute approximate surface area is 117 Å². The second-order valence-corrected chi connectivity index (χ2v) is 4.42. The summed E-state index contributed by atoms with van der Waals surface area (Å²) in [4.78, 5) is 11.3. The van der Waals surface area contributed by atoms with Crippen LogP contribution in [0.5, 0.6) is 5.75 Å². The molecule has 1 aliphatic rings. The Morgan fingerprint density at radius 2 is 2.24 bits per heavy atom. The van der Waals surface area contributed by atoms with E-state index in [1.54, 1.807) is 24.3 Å². The molecule has 2 aromatic heterocycles. The number of nitrogens with one attached hydrogen (secondary N) is 2. The Bertz CT molecular complexity index is 844. The molecule has 21 heavy (non-hydrogen) atoms. The summed E-state index contributed by atoms with van der Waals surface area (Å²) in [5.41, 5.74) is 1.95. The van der Waals surface area contributed by atoms with E-state index in [1.807, 2.05) is 6.07 Å². The molecule has 9 nitrogen and oxygen atoms in total. The summed E-state index contributed by atoms with van der Waals surface area (Å²) in [6.07, 6.45) is 0. The van der Waals surface area contributed by atoms with Crippen molar-refractivity contribution in [1.29, 1.82) is 0 Å². The molecule has 0 bridgehead atoms. The number of aromatic nitrogens is 5. The number of hydrogen-bond donors (Lipinski definition) is 2. The molecule has 0 fully saturated rings. The number of anilines is 3. The van der Waals surface area contributed by atoms with Crippen LogP contribution in [0.4, 0.5) is 17.2 Å². The lowest BCUT2D eigenvalue weighted by atomic mass is 10.2. The Morgan fingerprint density at radius 3 is 3.19 bits per heavy atom. The van der Waals surface area contributed by atoms with E-state index in [-0.39, 0.29) is 12.5 Å². The number of rotatable bonds is 2. The molecular formula is C12H9N7O2. The van der Waals surface area contributed by atoms with Gasteiger partial charge in [0.1, 0.15) is 5.75 Å². The van der Waals surface area contributed by atoms with E-state index in [1.165, 1.54) is 4.63 Å². The standard InChI is InChI=1S/C12H9N7O2/c20-12-6-21-9-2-1-7(5-8(9)14-12)13-10-3-4-11-15-17-18-19(11)16-10/h1-5H,6H2,(H,13,16)(H,14,20). The Morgan fingerprint density at radius 1 is 1.29 bits per heavy atom. The van der Waals surface area contributed by atoms with Crippen LogP contribution in [0.25, 0.3) is 5.65 Å². The van der Waals surface area contributed by atoms with Crippen LogP contribution in [-0.4, -0.2) is 37.8 Å². The van der Waals surface area contributed by atoms with Gasteiger partial charge in [-0.25, -0.2) is 0 Å². The number of fused-ring (bicyclic) bond motifs is 2. The van der Waals surface area contributed by atoms with Crippen LogP contribution in [0, 0.1) is 0 Å². The fraction of sp³-hybridized carbons (Fsp3) is 0.0833. The highest BCUT2D eigenvalue weighted by molar-refractivity contribution is 5.96. The van der Waals surface area contributed by atoms with E-state index in [9.17, 15) is 4.79 Å². The Kier molecular flexibility index (Phi) is 2.43. The molecule has 1 aliphatic heterocycles. The number of tetrazole rings is 1. The summed E-state index contributed by atoms with van der Waals surface area (Å²) in [6, 6.07) is 8.91. The summed E-state index contributed by atoms with van der Waals surface area (Å²) < 4.78 is 6.63. The first-order valence-electron chi connectivity index (χ1n) is 6.17. The SMILES string of the molecule is O=C1COc2ccc(Nc3ccc4nnnn4n3)cc2N1. The van der Waals surface area contributed by atoms with Crippen LogP contribution in [0.2, 0.25) is 0 Å². The van der Waals surface area contributed by atoms with Crippen molar-refractivity contribution in [3.8, 4) is 5.75 Å². The van der Waals surface area contributed by atoms with Crippen LogP contribution < -0.4 is 15.4 Å². The lowest BCUT2D eigenvalue weighted by Gasteiger charge is -2.18. The maximum Gasteiger partial charge on any atom is 0.262 e. The third-order valence-corrected chi connectivity index (χ3v) is 2.95. The number of hydrogen-bond acceptors (Lipinski definition) is 7. The van der Waals surface area contributed by atoms with Gasteiger partial charge in [-0.1, -0.05) is 0 Å². The van der Waals surface area contributed by atoms with Crippen molar-refractivity contribution < 1.29 is 9.53 Å². The molecule has 1 aromatic carbocycles. The Balaban J connectivity index is 1.64. The van der Waals surface area contributed by atoms with Crippen molar-refractivity contribution in [2.75, 3.05) is 17.2 Å². The average molecular weight is 283 g/mol. The van der Waals surface area contributed by atoms with Gasteiger partial charge < -0.3 is 15.4 Å². The van der Waals surface area contributed by atoms with Crippen molar-refractivity contribution in [3.63, 3.8) is 0 Å². The number of carbonyl (C=O) groups is 1. The number of carbonyl (C=O) groups excluding carboxylic acids is 1. The smallest absolute Gasteiger partial charge is 0.262 e. The molecule has 2 N–H and O–H groups in total. The summed E-state index contributed by atoms with van der Waals surface area (Å²) in [5.74, 6) is 1.05. The van der Waals surface area contributed by atoms with Gasteiger partial charge in [0.15, 0.2) is 18.1 Å². The van der Waals surface area contributed by atoms with E-state index in [2.05, 4.69) is 31.3 Å². The summed E-state index contributed by atoms with van der Waals surface area (Å²) >= 11 is 0. The largest absolute Gasteiger partial charge is 0.482 e. The predicted molar refractivity (Wildman–Crippen MR) is 72.4 cm³/mol. The van der Waals surface area contributed by atoms with Crippen molar-refractivity contribution in [2.45, 2.75) is 0 Å². The third-order valence-electron chi connectivity index (χ3n) is 2.95. The first kappa shape index (κ1) is 11.6. The van der Waals surface area contributed by atoms with Crippen molar-refractivity contribution >= 4 is 28.7 Å². The minimum Gasteiger partial charge on any atom is -0.482 e. The molecular weight excluding hydrogens is 274 g/mol. The zero-order valence-corrected chi connectivity index (χ0v) is 10.6. The van der Waals surface area contributed by atoms with Gasteiger partial charge in [0, 0.05) is 5.69 Å². The van der Waals surface area contributed by atoms with Crippen LogP contribution in [0.3, 0.4) is 0 Å². The first-order chi connectivity index (χ1) is 10.3. The van der Waals surface area contributed by atoms with E-state index in [0.29, 0.717) is 22.9 Å². The normalized spacial score (nSPS) is 13.4. The second-order valence-electron chi connectivity index (χ2n) is 4.42. The van der Waals surface area contributed by atoms with Gasteiger partial charge in [-0.2, -0.15) is 0 Å². The summed E-state index contributed by atoms with van der Waals surface area (Å²) in [5, 5.41) is 21.1. The lowest BCUT2D eigenvalue weighted by Crippen LogP contribution is -2.25. The fourth-order valence-corrected chi connectivity index (χ4v) is 2.03. The highest BCUT2D eigenvalue weighted by Crippen LogP contribution is 2.31. The van der Waals surface area contributed by atoms with Gasteiger partial charge in [0.05, 0.1) is 5.69 Å². The topological polar surface area (TPSA) is 106 Å². The molecule has 4 rings (SSSR count). The molecule has 1 amide bonds. The molecule has 0 spiro atoms. The number of benzene rings is 1. The number of ether oxygens (including phenoxy) is 1. The predicted octanol–water partition coefficient (Wildman–Crippen LogP) is 0.594. The molecule has 0 atom stereocenters. The van der Waals surface area contributed by atoms with Gasteiger partial charge in [0.25, 0.3) is 5.91 Å². The van der Waals surface area contributed by atoms with E-state index >= 15 is 0 Å². The molecule has 3 aromatic rings. The van der Waals surface area contributed by atoms with Gasteiger partial charge in [-0.3, -0.25) is 4.79 Å². The third kappa shape index (κ3) is 2.10. The number of amides is 1. The molecule has 0 saturated heterocycles. The zero-order chi connectivity index (χ0) is 14.2. The molecule has 104 valence electrons.